The lowest BCUT2D eigenvalue weighted by Gasteiger charge is -2.13. The minimum atomic E-state index is -0.0549. The molecule has 5 rings (SSSR count). The zero-order valence-electron chi connectivity index (χ0n) is 20.1. The number of amides is 1. The van der Waals surface area contributed by atoms with Crippen molar-refractivity contribution in [1.29, 1.82) is 0 Å². The SMILES string of the molecule is CCN1C(=O)/C(=C\c2cc(I)c(OCc3cccc4ccccc34)c(I)c2)SC1=Nc1ccc(Br)c(Cl)c1. The molecular formula is C29H20BrClI2N2O2S. The summed E-state index contributed by atoms with van der Waals surface area (Å²) in [6.07, 6.45) is 1.92. The number of fused-ring (bicyclic) bond motifs is 1. The van der Waals surface area contributed by atoms with Crippen LogP contribution in [0.3, 0.4) is 0 Å². The second-order valence-corrected chi connectivity index (χ2v) is 13.0. The smallest absolute Gasteiger partial charge is 0.266 e. The van der Waals surface area contributed by atoms with Gasteiger partial charge in [-0.15, -0.1) is 0 Å². The highest BCUT2D eigenvalue weighted by molar-refractivity contribution is 14.1. The first-order valence-electron chi connectivity index (χ1n) is 11.7. The fraction of sp³-hybridized carbons (Fsp3) is 0.103. The molecule has 0 aromatic heterocycles. The van der Waals surface area contributed by atoms with E-state index in [4.69, 9.17) is 21.3 Å². The molecule has 0 atom stereocenters. The summed E-state index contributed by atoms with van der Waals surface area (Å²) in [7, 11) is 0. The van der Waals surface area contributed by atoms with E-state index < -0.39 is 0 Å². The standard InChI is InChI=1S/C29H20BrClI2N2O2S/c1-2-35-28(36)26(38-29(35)34-20-10-11-22(30)23(31)15-20)14-17-12-24(32)27(25(33)13-17)37-16-19-8-5-7-18-6-3-4-9-21(18)19/h3-15H,2,16H2,1H3/b26-14+,34-29?. The predicted octanol–water partition coefficient (Wildman–Crippen LogP) is 9.67. The lowest BCUT2D eigenvalue weighted by atomic mass is 10.1. The Morgan fingerprint density at radius 1 is 1.05 bits per heavy atom. The number of carbonyl (C=O) groups excluding carboxylic acids is 1. The van der Waals surface area contributed by atoms with Crippen LogP contribution in [0.25, 0.3) is 16.8 Å². The molecule has 4 aromatic rings. The number of nitrogens with zero attached hydrogens (tertiary/aromatic N) is 2. The Morgan fingerprint density at radius 2 is 1.79 bits per heavy atom. The van der Waals surface area contributed by atoms with E-state index in [1.165, 1.54) is 22.5 Å². The van der Waals surface area contributed by atoms with Gasteiger partial charge in [-0.3, -0.25) is 9.69 Å². The van der Waals surface area contributed by atoms with Crippen LogP contribution in [0.4, 0.5) is 5.69 Å². The Kier molecular flexibility index (Phi) is 9.03. The van der Waals surface area contributed by atoms with Crippen LogP contribution in [-0.2, 0) is 11.4 Å². The van der Waals surface area contributed by atoms with E-state index in [1.54, 1.807) is 11.0 Å². The molecule has 9 heteroatoms. The van der Waals surface area contributed by atoms with Crippen LogP contribution in [-0.4, -0.2) is 22.5 Å². The minimum absolute atomic E-state index is 0.0549. The van der Waals surface area contributed by atoms with Crippen molar-refractivity contribution in [3.8, 4) is 5.75 Å². The van der Waals surface area contributed by atoms with Crippen molar-refractivity contribution < 1.29 is 9.53 Å². The van der Waals surface area contributed by atoms with Gasteiger partial charge in [0.05, 0.1) is 22.8 Å². The van der Waals surface area contributed by atoms with Gasteiger partial charge < -0.3 is 4.74 Å². The van der Waals surface area contributed by atoms with E-state index in [-0.39, 0.29) is 5.91 Å². The quantitative estimate of drug-likeness (QED) is 0.144. The zero-order valence-corrected chi connectivity index (χ0v) is 27.5. The molecule has 1 fully saturated rings. The van der Waals surface area contributed by atoms with E-state index in [2.05, 4.69) is 91.4 Å². The van der Waals surface area contributed by atoms with Crippen LogP contribution in [0.1, 0.15) is 18.1 Å². The van der Waals surface area contributed by atoms with Crippen molar-refractivity contribution in [2.75, 3.05) is 6.54 Å². The number of hydrogen-bond donors (Lipinski definition) is 0. The molecule has 0 radical (unpaired) electrons. The molecule has 1 aliphatic heterocycles. The molecule has 38 heavy (non-hydrogen) atoms. The van der Waals surface area contributed by atoms with E-state index in [9.17, 15) is 4.79 Å². The molecule has 1 heterocycles. The number of aliphatic imine (C=N–C) groups is 1. The molecule has 0 saturated carbocycles. The molecule has 0 spiro atoms. The van der Waals surface area contributed by atoms with Crippen LogP contribution in [0.5, 0.6) is 5.75 Å². The Balaban J connectivity index is 1.38. The number of hydrogen-bond acceptors (Lipinski definition) is 4. The van der Waals surface area contributed by atoms with Gasteiger partial charge in [0.1, 0.15) is 12.4 Å². The largest absolute Gasteiger partial charge is 0.487 e. The number of benzene rings is 4. The molecule has 4 nitrogen and oxygen atoms in total. The third kappa shape index (κ3) is 6.09. The number of thioether (sulfide) groups is 1. The Morgan fingerprint density at radius 3 is 2.53 bits per heavy atom. The van der Waals surface area contributed by atoms with Crippen LogP contribution >= 0.6 is 84.5 Å². The Labute approximate surface area is 266 Å². The summed E-state index contributed by atoms with van der Waals surface area (Å²) in [4.78, 5) is 20.2. The van der Waals surface area contributed by atoms with E-state index in [0.717, 1.165) is 28.5 Å². The van der Waals surface area contributed by atoms with Crippen molar-refractivity contribution >= 4 is 118 Å². The molecular weight excluding hydrogens is 810 g/mol. The summed E-state index contributed by atoms with van der Waals surface area (Å²) < 4.78 is 9.08. The van der Waals surface area contributed by atoms with Gasteiger partial charge in [-0.2, -0.15) is 0 Å². The average molecular weight is 830 g/mol. The molecule has 4 aromatic carbocycles. The maximum Gasteiger partial charge on any atom is 0.266 e. The first-order valence-corrected chi connectivity index (χ1v) is 15.8. The highest BCUT2D eigenvalue weighted by Gasteiger charge is 2.32. The van der Waals surface area contributed by atoms with Gasteiger partial charge in [-0.25, -0.2) is 4.99 Å². The first kappa shape index (κ1) is 27.9. The lowest BCUT2D eigenvalue weighted by molar-refractivity contribution is -0.122. The topological polar surface area (TPSA) is 41.9 Å². The van der Waals surface area contributed by atoms with Gasteiger partial charge in [-0.1, -0.05) is 54.1 Å². The molecule has 192 valence electrons. The Bertz CT molecular complexity index is 1600. The van der Waals surface area contributed by atoms with Gasteiger partial charge >= 0.3 is 0 Å². The fourth-order valence-electron chi connectivity index (χ4n) is 4.06. The predicted molar refractivity (Wildman–Crippen MR) is 179 cm³/mol. The summed E-state index contributed by atoms with van der Waals surface area (Å²) in [6, 6.07) is 24.2. The number of rotatable bonds is 6. The van der Waals surface area contributed by atoms with Crippen LogP contribution in [0.2, 0.25) is 5.02 Å². The summed E-state index contributed by atoms with van der Waals surface area (Å²) in [5, 5.41) is 3.61. The van der Waals surface area contributed by atoms with Gasteiger partial charge in [0, 0.05) is 11.0 Å². The number of ether oxygens (including phenoxy) is 1. The maximum atomic E-state index is 13.2. The average Bonchev–Trinajstić information content (AvgIpc) is 3.19. The molecule has 1 aliphatic rings. The fourth-order valence-corrected chi connectivity index (χ4v) is 7.67. The lowest BCUT2D eigenvalue weighted by Crippen LogP contribution is -2.28. The molecule has 0 bridgehead atoms. The second kappa shape index (κ2) is 12.3. The van der Waals surface area contributed by atoms with Gasteiger partial charge in [0.15, 0.2) is 5.17 Å². The third-order valence-corrected chi connectivity index (χ3v) is 9.74. The van der Waals surface area contributed by atoms with Crippen molar-refractivity contribution in [3.63, 3.8) is 0 Å². The van der Waals surface area contributed by atoms with E-state index in [0.29, 0.717) is 33.9 Å². The van der Waals surface area contributed by atoms with E-state index >= 15 is 0 Å². The van der Waals surface area contributed by atoms with Gasteiger partial charge in [-0.05, 0) is 138 Å². The van der Waals surface area contributed by atoms with Gasteiger partial charge in [0.25, 0.3) is 5.91 Å². The molecule has 0 aliphatic carbocycles. The monoisotopic (exact) mass is 828 g/mol. The summed E-state index contributed by atoms with van der Waals surface area (Å²) >= 11 is 15.6. The number of amidine groups is 1. The summed E-state index contributed by atoms with van der Waals surface area (Å²) in [5.74, 6) is 0.789. The zero-order chi connectivity index (χ0) is 26.8. The maximum absolute atomic E-state index is 13.2. The normalized spacial score (nSPS) is 15.7. The highest BCUT2D eigenvalue weighted by atomic mass is 127. The molecule has 1 amide bonds. The van der Waals surface area contributed by atoms with Crippen molar-refractivity contribution in [3.05, 3.63) is 105 Å². The van der Waals surface area contributed by atoms with Gasteiger partial charge in [0.2, 0.25) is 0 Å². The highest BCUT2D eigenvalue weighted by Crippen LogP contribution is 2.37. The molecule has 0 unspecified atom stereocenters. The second-order valence-electron chi connectivity index (χ2n) is 8.39. The van der Waals surface area contributed by atoms with Crippen LogP contribution in [0, 0.1) is 7.14 Å². The summed E-state index contributed by atoms with van der Waals surface area (Å²) in [5.41, 5.74) is 2.79. The number of halogens is 4. The first-order chi connectivity index (χ1) is 18.3. The number of likely N-dealkylation sites (N-methyl/N-ethyl adjacent to an activating group) is 1. The van der Waals surface area contributed by atoms with Crippen LogP contribution < -0.4 is 4.74 Å². The van der Waals surface area contributed by atoms with Crippen molar-refractivity contribution in [2.45, 2.75) is 13.5 Å². The third-order valence-electron chi connectivity index (χ3n) is 5.90. The molecule has 0 N–H and O–H groups in total. The number of carbonyl (C=O) groups is 1. The van der Waals surface area contributed by atoms with Crippen molar-refractivity contribution in [2.24, 2.45) is 4.99 Å². The molecule has 1 saturated heterocycles. The van der Waals surface area contributed by atoms with Crippen LogP contribution in [0.15, 0.2) is 87.2 Å². The Hall–Kier alpha value is -1.60. The summed E-state index contributed by atoms with van der Waals surface area (Å²) in [6.45, 7) is 2.95. The van der Waals surface area contributed by atoms with E-state index in [1.807, 2.05) is 49.4 Å². The van der Waals surface area contributed by atoms with Crippen molar-refractivity contribution in [1.82, 2.24) is 4.90 Å². The minimum Gasteiger partial charge on any atom is -0.487 e.